The number of ether oxygens (including phenoxy) is 2. The van der Waals surface area contributed by atoms with Crippen LogP contribution in [0.5, 0.6) is 0 Å². The molecule has 6 rings (SSSR count). The van der Waals surface area contributed by atoms with Crippen molar-refractivity contribution in [3.05, 3.63) is 97.1 Å². The molecule has 4 heterocycles. The molecule has 55 heavy (non-hydrogen) atoms. The van der Waals surface area contributed by atoms with Crippen LogP contribution in [0.1, 0.15) is 90.6 Å². The second-order valence-corrected chi connectivity index (χ2v) is 19.7. The molecular formula is C43H51N3O8Si. The second-order valence-electron chi connectivity index (χ2n) is 15.4. The Balaban J connectivity index is 1.28. The molecule has 0 amide bonds. The highest BCUT2D eigenvalue weighted by Crippen LogP contribution is 2.38. The first-order valence-corrected chi connectivity index (χ1v) is 20.9. The Kier molecular flexibility index (Phi) is 12.8. The second kappa shape index (κ2) is 17.7. The molecule has 4 atom stereocenters. The molecule has 0 spiro atoms. The van der Waals surface area contributed by atoms with Crippen molar-refractivity contribution < 1.29 is 36.7 Å². The van der Waals surface area contributed by atoms with Crippen LogP contribution in [-0.4, -0.2) is 60.9 Å². The number of methoxy groups -OCH3 is 1. The van der Waals surface area contributed by atoms with E-state index in [-0.39, 0.29) is 66.0 Å². The number of fused-ring (bicyclic) bond motifs is 8. The van der Waals surface area contributed by atoms with Crippen LogP contribution in [0.25, 0.3) is 29.2 Å². The Morgan fingerprint density at radius 1 is 0.800 bits per heavy atom. The van der Waals surface area contributed by atoms with E-state index in [2.05, 4.69) is 60.0 Å². The van der Waals surface area contributed by atoms with Gasteiger partial charge in [0.2, 0.25) is 17.7 Å². The first kappa shape index (κ1) is 39.8. The van der Waals surface area contributed by atoms with Crippen molar-refractivity contribution in [1.82, 2.24) is 15.0 Å². The van der Waals surface area contributed by atoms with Crippen molar-refractivity contribution in [2.24, 2.45) is 5.92 Å². The van der Waals surface area contributed by atoms with Crippen LogP contribution in [-0.2, 0) is 23.5 Å². The third kappa shape index (κ3) is 9.49. The number of hydrogen-bond donors (Lipinski definition) is 0. The summed E-state index contributed by atoms with van der Waals surface area (Å²) < 4.78 is 36.2. The zero-order chi connectivity index (χ0) is 39.0. The monoisotopic (exact) mass is 765 g/mol. The molecule has 0 aliphatic carbocycles. The van der Waals surface area contributed by atoms with Crippen LogP contribution in [0.15, 0.2) is 98.8 Å². The summed E-state index contributed by atoms with van der Waals surface area (Å²) in [6.45, 7) is 10.7. The highest BCUT2D eigenvalue weighted by atomic mass is 28.4. The van der Waals surface area contributed by atoms with E-state index in [4.69, 9.17) is 27.2 Å². The Morgan fingerprint density at radius 2 is 1.44 bits per heavy atom. The number of oxazole rings is 3. The normalized spacial score (nSPS) is 21.6. The molecule has 0 unspecified atom stereocenters. The number of ketones is 1. The van der Waals surface area contributed by atoms with E-state index in [0.29, 0.717) is 48.7 Å². The number of nitrogens with zero attached hydrogens (tertiary/aromatic N) is 3. The topological polar surface area (TPSA) is 140 Å². The van der Waals surface area contributed by atoms with Crippen LogP contribution in [0.4, 0.5) is 0 Å². The lowest BCUT2D eigenvalue weighted by molar-refractivity contribution is -0.148. The summed E-state index contributed by atoms with van der Waals surface area (Å²) in [4.78, 5) is 40.7. The Morgan fingerprint density at radius 3 is 2.11 bits per heavy atom. The van der Waals surface area contributed by atoms with Crippen molar-refractivity contribution in [3.63, 3.8) is 0 Å². The largest absolute Gasteiger partial charge is 0.465 e. The first-order valence-electron chi connectivity index (χ1n) is 19.0. The van der Waals surface area contributed by atoms with Crippen molar-refractivity contribution in [1.29, 1.82) is 0 Å². The Hall–Kier alpha value is -4.91. The van der Waals surface area contributed by atoms with E-state index in [1.807, 2.05) is 56.3 Å². The standard InChI is InChI=1S/C43H51N3O8Si/c1-29-23-31(47)15-13-16-32(54-55(43(3,4)5,33-17-9-7-10-18-33)34-19-11-8-12-20-34)24-40(48)51-25-30(2)38(49-6)21-14-22-39-44-36(27-50-39)41-46-37(28-53-41)42-45-35(29)26-52-42/h7-12,14,17-20,22,26-30,32,38H,13,15-16,21,23-25H2,1-6H3/b22-14+/t29-,30+,32-,38-/m0/s1. The van der Waals surface area contributed by atoms with E-state index in [1.165, 1.54) is 12.5 Å². The Bertz CT molecular complexity index is 1990. The summed E-state index contributed by atoms with van der Waals surface area (Å²) in [6, 6.07) is 20.7. The van der Waals surface area contributed by atoms with Gasteiger partial charge in [-0.2, -0.15) is 0 Å². The van der Waals surface area contributed by atoms with E-state index in [0.717, 1.165) is 10.4 Å². The molecule has 6 bridgehead atoms. The van der Waals surface area contributed by atoms with Gasteiger partial charge in [0.25, 0.3) is 8.32 Å². The van der Waals surface area contributed by atoms with Crippen molar-refractivity contribution in [2.75, 3.05) is 13.7 Å². The number of benzene rings is 2. The highest BCUT2D eigenvalue weighted by Gasteiger charge is 2.51. The summed E-state index contributed by atoms with van der Waals surface area (Å²) in [6.07, 6.45) is 9.68. The molecule has 0 saturated heterocycles. The predicted molar refractivity (Wildman–Crippen MR) is 211 cm³/mol. The molecule has 2 aromatic carbocycles. The molecule has 11 nitrogen and oxygen atoms in total. The van der Waals surface area contributed by atoms with Gasteiger partial charge >= 0.3 is 5.97 Å². The molecular weight excluding hydrogens is 715 g/mol. The lowest BCUT2D eigenvalue weighted by Crippen LogP contribution is -2.67. The maximum absolute atomic E-state index is 13.7. The number of esters is 1. The molecule has 290 valence electrons. The fourth-order valence-electron chi connectivity index (χ4n) is 7.24. The molecule has 0 N–H and O–H groups in total. The van der Waals surface area contributed by atoms with Gasteiger partial charge in [-0.3, -0.25) is 9.59 Å². The molecule has 5 aromatic rings. The molecule has 0 saturated carbocycles. The van der Waals surface area contributed by atoms with Crippen LogP contribution >= 0.6 is 0 Å². The number of aromatic nitrogens is 3. The molecule has 0 fully saturated rings. The van der Waals surface area contributed by atoms with Crippen molar-refractivity contribution in [2.45, 2.75) is 96.3 Å². The summed E-state index contributed by atoms with van der Waals surface area (Å²) in [5, 5.41) is 1.94. The summed E-state index contributed by atoms with van der Waals surface area (Å²) in [5.41, 5.74) is 1.47. The van der Waals surface area contributed by atoms with Crippen LogP contribution in [0, 0.1) is 5.92 Å². The van der Waals surface area contributed by atoms with E-state index >= 15 is 0 Å². The third-order valence-corrected chi connectivity index (χ3v) is 15.3. The van der Waals surface area contributed by atoms with Crippen LogP contribution < -0.4 is 10.4 Å². The smallest absolute Gasteiger partial charge is 0.308 e. The molecule has 1 aliphatic rings. The predicted octanol–water partition coefficient (Wildman–Crippen LogP) is 8.16. The minimum absolute atomic E-state index is 0.0528. The molecule has 12 heteroatoms. The van der Waals surface area contributed by atoms with Gasteiger partial charge in [-0.05, 0) is 40.8 Å². The average molecular weight is 766 g/mol. The van der Waals surface area contributed by atoms with Crippen molar-refractivity contribution >= 4 is 36.5 Å². The van der Waals surface area contributed by atoms with Crippen LogP contribution in [0.2, 0.25) is 5.04 Å². The fraction of sp³-hybridized carbons (Fsp3) is 0.419. The first-order chi connectivity index (χ1) is 26.5. The number of hydrogen-bond acceptors (Lipinski definition) is 11. The minimum Gasteiger partial charge on any atom is -0.465 e. The average Bonchev–Trinajstić information content (AvgIpc) is 3.96. The number of cyclic esters (lactones) is 1. The molecule has 1 aliphatic heterocycles. The lowest BCUT2D eigenvalue weighted by Gasteiger charge is -2.45. The maximum atomic E-state index is 13.7. The minimum atomic E-state index is -3.01. The zero-order valence-corrected chi connectivity index (χ0v) is 33.5. The van der Waals surface area contributed by atoms with Gasteiger partial charge in [-0.25, -0.2) is 15.0 Å². The van der Waals surface area contributed by atoms with Crippen LogP contribution in [0.3, 0.4) is 0 Å². The van der Waals surface area contributed by atoms with Gasteiger partial charge in [0.05, 0.1) is 30.9 Å². The number of Topliss-reactive ketones (excluding diaryl/α,β-unsaturated/α-hetero) is 1. The number of rotatable bonds is 5. The number of carbonyl (C=O) groups is 2. The summed E-state index contributed by atoms with van der Waals surface area (Å²) >= 11 is 0. The fourth-order valence-corrected chi connectivity index (χ4v) is 12.0. The van der Waals surface area contributed by atoms with Crippen molar-refractivity contribution in [3.8, 4) is 23.2 Å². The van der Waals surface area contributed by atoms with Gasteiger partial charge in [0, 0.05) is 31.8 Å². The van der Waals surface area contributed by atoms with Gasteiger partial charge in [0.1, 0.15) is 24.6 Å². The van der Waals surface area contributed by atoms with Gasteiger partial charge in [-0.1, -0.05) is 101 Å². The zero-order valence-electron chi connectivity index (χ0n) is 32.5. The summed E-state index contributed by atoms with van der Waals surface area (Å²) in [7, 11) is -1.37. The quantitative estimate of drug-likeness (QED) is 0.126. The Labute approximate surface area is 323 Å². The van der Waals surface area contributed by atoms with Gasteiger partial charge < -0.3 is 27.2 Å². The summed E-state index contributed by atoms with van der Waals surface area (Å²) in [5.74, 6) is 0.362. The van der Waals surface area contributed by atoms with E-state index in [1.54, 1.807) is 19.4 Å². The van der Waals surface area contributed by atoms with Gasteiger partial charge in [0.15, 0.2) is 11.4 Å². The number of carbonyl (C=O) groups excluding carboxylic acids is 2. The molecule has 0 radical (unpaired) electrons. The van der Waals surface area contributed by atoms with E-state index in [9.17, 15) is 9.59 Å². The highest BCUT2D eigenvalue weighted by molar-refractivity contribution is 6.99. The van der Waals surface area contributed by atoms with Gasteiger partial charge in [-0.15, -0.1) is 0 Å². The van der Waals surface area contributed by atoms with E-state index < -0.39 is 14.4 Å². The maximum Gasteiger partial charge on any atom is 0.308 e. The SMILES string of the molecule is CO[C@H]1C/C=C/c2nc(co2)-c2nc(co2)-c2nc(co2)[C@@H](C)CC(=O)CCC[C@H](O[Si](c2ccccc2)(c2ccccc2)C(C)(C)C)CC(=O)OC[C@H]1C. The third-order valence-electron chi connectivity index (χ3n) is 10.2. The molecule has 3 aromatic heterocycles. The lowest BCUT2D eigenvalue weighted by atomic mass is 9.98.